The molecule has 5 nitrogen and oxygen atoms in total. The van der Waals surface area contributed by atoms with Crippen molar-refractivity contribution in [2.24, 2.45) is 5.41 Å². The fourth-order valence-corrected chi connectivity index (χ4v) is 5.42. The average molecular weight is 398 g/mol. The lowest BCUT2D eigenvalue weighted by atomic mass is 9.75. The van der Waals surface area contributed by atoms with E-state index in [9.17, 15) is 5.11 Å². The Hall–Kier alpha value is -1.85. The van der Waals surface area contributed by atoms with Crippen molar-refractivity contribution in [1.29, 1.82) is 0 Å². The molecule has 1 saturated carbocycles. The van der Waals surface area contributed by atoms with E-state index < -0.39 is 0 Å². The Morgan fingerprint density at radius 2 is 2.10 bits per heavy atom. The molecule has 1 aromatic carbocycles. The minimum absolute atomic E-state index is 0.0840. The van der Waals surface area contributed by atoms with Gasteiger partial charge in [-0.15, -0.1) is 0 Å². The Labute approximate surface area is 174 Å². The van der Waals surface area contributed by atoms with Gasteiger partial charge in [-0.1, -0.05) is 31.4 Å². The predicted molar refractivity (Wildman–Crippen MR) is 115 cm³/mol. The van der Waals surface area contributed by atoms with Gasteiger partial charge in [0, 0.05) is 35.7 Å². The van der Waals surface area contributed by atoms with E-state index in [1.54, 1.807) is 7.11 Å². The van der Waals surface area contributed by atoms with Crippen LogP contribution in [0.25, 0.3) is 0 Å². The second kappa shape index (κ2) is 9.31. The standard InChI is InChI=1S/C24H35N3O2/c1-29-22-10-5-7-19(13-22)14-24(18-28)11-6-12-27(17-24)16-21-15-25-26-23(21)20-8-3-2-4-9-20/h5,7,10,13,15,20,28H,2-4,6,8-9,11-12,14,16-18H2,1H3,(H,25,26)/t24-/m1/s1. The maximum Gasteiger partial charge on any atom is 0.119 e. The Kier molecular flexibility index (Phi) is 6.56. The first kappa shape index (κ1) is 20.4. The highest BCUT2D eigenvalue weighted by atomic mass is 16.5. The third kappa shape index (κ3) is 4.84. The molecule has 0 bridgehead atoms. The summed E-state index contributed by atoms with van der Waals surface area (Å²) in [5, 5.41) is 18.1. The van der Waals surface area contributed by atoms with Crippen molar-refractivity contribution >= 4 is 0 Å². The summed E-state index contributed by atoms with van der Waals surface area (Å²) in [7, 11) is 1.71. The van der Waals surface area contributed by atoms with Crippen LogP contribution in [0.4, 0.5) is 0 Å². The summed E-state index contributed by atoms with van der Waals surface area (Å²) in [5.41, 5.74) is 3.87. The summed E-state index contributed by atoms with van der Waals surface area (Å²) in [5.74, 6) is 1.53. The van der Waals surface area contributed by atoms with Crippen molar-refractivity contribution < 1.29 is 9.84 Å². The van der Waals surface area contributed by atoms with Crippen molar-refractivity contribution in [2.45, 2.75) is 63.8 Å². The van der Waals surface area contributed by atoms with Gasteiger partial charge in [-0.3, -0.25) is 10.00 Å². The van der Waals surface area contributed by atoms with Gasteiger partial charge in [0.25, 0.3) is 0 Å². The number of methoxy groups -OCH3 is 1. The monoisotopic (exact) mass is 397 g/mol. The molecule has 0 amide bonds. The number of rotatable bonds is 7. The number of aromatic nitrogens is 2. The highest BCUT2D eigenvalue weighted by Gasteiger charge is 2.35. The fourth-order valence-electron chi connectivity index (χ4n) is 5.42. The minimum atomic E-state index is -0.0840. The maximum absolute atomic E-state index is 10.4. The van der Waals surface area contributed by atoms with Crippen LogP contribution in [0.15, 0.2) is 30.5 Å². The number of ether oxygens (including phenoxy) is 1. The number of nitrogens with zero attached hydrogens (tertiary/aromatic N) is 2. The van der Waals surface area contributed by atoms with E-state index in [2.05, 4.69) is 27.2 Å². The second-order valence-electron chi connectivity index (χ2n) is 9.14. The Bertz CT molecular complexity index is 784. The second-order valence-corrected chi connectivity index (χ2v) is 9.14. The topological polar surface area (TPSA) is 61.4 Å². The summed E-state index contributed by atoms with van der Waals surface area (Å²) < 4.78 is 5.39. The van der Waals surface area contributed by atoms with E-state index in [0.29, 0.717) is 5.92 Å². The first-order valence-corrected chi connectivity index (χ1v) is 11.2. The van der Waals surface area contributed by atoms with Crippen LogP contribution in [-0.2, 0) is 13.0 Å². The highest BCUT2D eigenvalue weighted by Crippen LogP contribution is 2.37. The summed E-state index contributed by atoms with van der Waals surface area (Å²) in [6.07, 6.45) is 11.7. The largest absolute Gasteiger partial charge is 0.497 e. The van der Waals surface area contributed by atoms with E-state index in [0.717, 1.165) is 44.6 Å². The molecule has 1 aromatic heterocycles. The number of likely N-dealkylation sites (tertiary alicyclic amines) is 1. The van der Waals surface area contributed by atoms with E-state index in [-0.39, 0.29) is 12.0 Å². The molecule has 0 radical (unpaired) electrons. The lowest BCUT2D eigenvalue weighted by Crippen LogP contribution is -2.46. The van der Waals surface area contributed by atoms with Crippen molar-refractivity contribution in [1.82, 2.24) is 15.1 Å². The van der Waals surface area contributed by atoms with Crippen LogP contribution in [0, 0.1) is 5.41 Å². The number of aliphatic hydroxyl groups is 1. The zero-order valence-corrected chi connectivity index (χ0v) is 17.7. The molecule has 4 rings (SSSR count). The lowest BCUT2D eigenvalue weighted by molar-refractivity contribution is 0.0286. The van der Waals surface area contributed by atoms with Crippen molar-refractivity contribution in [2.75, 3.05) is 26.8 Å². The molecule has 2 aromatic rings. The van der Waals surface area contributed by atoms with Gasteiger partial charge in [-0.25, -0.2) is 0 Å². The van der Waals surface area contributed by atoms with Gasteiger partial charge >= 0.3 is 0 Å². The lowest BCUT2D eigenvalue weighted by Gasteiger charge is -2.42. The molecule has 2 fully saturated rings. The molecule has 5 heteroatoms. The number of hydrogen-bond acceptors (Lipinski definition) is 4. The predicted octanol–water partition coefficient (Wildman–Crippen LogP) is 4.28. The molecule has 2 heterocycles. The number of aliphatic hydroxyl groups excluding tert-OH is 1. The van der Waals surface area contributed by atoms with Crippen LogP contribution in [-0.4, -0.2) is 47.0 Å². The quantitative estimate of drug-likeness (QED) is 0.732. The van der Waals surface area contributed by atoms with Crippen LogP contribution >= 0.6 is 0 Å². The van der Waals surface area contributed by atoms with Crippen molar-refractivity contribution in [3.8, 4) is 5.75 Å². The summed E-state index contributed by atoms with van der Waals surface area (Å²) in [6.45, 7) is 3.18. The molecule has 1 aliphatic heterocycles. The number of hydrogen-bond donors (Lipinski definition) is 2. The zero-order chi connectivity index (χ0) is 20.1. The van der Waals surface area contributed by atoms with E-state index in [1.165, 1.54) is 48.9 Å². The van der Waals surface area contributed by atoms with E-state index in [4.69, 9.17) is 4.74 Å². The number of benzene rings is 1. The van der Waals surface area contributed by atoms with Crippen LogP contribution in [0.3, 0.4) is 0 Å². The first-order chi connectivity index (χ1) is 14.2. The molecule has 1 saturated heterocycles. The SMILES string of the molecule is COc1cccc(C[C@]2(CO)CCCN(Cc3cn[nH]c3C3CCCCC3)C2)c1. The Morgan fingerprint density at radius 1 is 1.24 bits per heavy atom. The minimum Gasteiger partial charge on any atom is -0.497 e. The molecule has 2 aliphatic rings. The zero-order valence-electron chi connectivity index (χ0n) is 17.7. The van der Waals surface area contributed by atoms with Gasteiger partial charge in [-0.2, -0.15) is 5.10 Å². The summed E-state index contributed by atoms with van der Waals surface area (Å²) in [6, 6.07) is 8.28. The fraction of sp³-hybridized carbons (Fsp3) is 0.625. The van der Waals surface area contributed by atoms with Crippen LogP contribution < -0.4 is 4.74 Å². The number of aromatic amines is 1. The van der Waals surface area contributed by atoms with Crippen molar-refractivity contribution in [3.05, 3.63) is 47.3 Å². The number of piperidine rings is 1. The Balaban J connectivity index is 1.45. The first-order valence-electron chi connectivity index (χ1n) is 11.2. The van der Waals surface area contributed by atoms with Gasteiger partial charge in [0.2, 0.25) is 0 Å². The number of nitrogens with one attached hydrogen (secondary N) is 1. The molecule has 29 heavy (non-hydrogen) atoms. The van der Waals surface area contributed by atoms with Gasteiger partial charge in [0.05, 0.1) is 19.9 Å². The molecular weight excluding hydrogens is 362 g/mol. The smallest absolute Gasteiger partial charge is 0.119 e. The maximum atomic E-state index is 10.4. The Morgan fingerprint density at radius 3 is 2.90 bits per heavy atom. The van der Waals surface area contributed by atoms with E-state index in [1.807, 2.05) is 18.3 Å². The third-order valence-corrected chi connectivity index (χ3v) is 6.95. The van der Waals surface area contributed by atoms with Gasteiger partial charge in [0.15, 0.2) is 0 Å². The third-order valence-electron chi connectivity index (χ3n) is 6.95. The van der Waals surface area contributed by atoms with Crippen molar-refractivity contribution in [3.63, 3.8) is 0 Å². The average Bonchev–Trinajstić information content (AvgIpc) is 3.23. The number of H-pyrrole nitrogens is 1. The molecule has 1 aliphatic carbocycles. The van der Waals surface area contributed by atoms with Crippen LogP contribution in [0.2, 0.25) is 0 Å². The molecule has 0 spiro atoms. The van der Waals surface area contributed by atoms with Gasteiger partial charge in [-0.05, 0) is 56.3 Å². The summed E-state index contributed by atoms with van der Waals surface area (Å²) >= 11 is 0. The molecule has 1 atom stereocenters. The highest BCUT2D eigenvalue weighted by molar-refractivity contribution is 5.29. The molecular formula is C24H35N3O2. The van der Waals surface area contributed by atoms with Gasteiger partial charge in [0.1, 0.15) is 5.75 Å². The molecule has 158 valence electrons. The van der Waals surface area contributed by atoms with Gasteiger partial charge < -0.3 is 9.84 Å². The van der Waals surface area contributed by atoms with Crippen LogP contribution in [0.1, 0.15) is 67.7 Å². The van der Waals surface area contributed by atoms with E-state index >= 15 is 0 Å². The van der Waals surface area contributed by atoms with Crippen LogP contribution in [0.5, 0.6) is 5.75 Å². The molecule has 0 unspecified atom stereocenters. The molecule has 2 N–H and O–H groups in total. The normalized spacial score (nSPS) is 23.9. The summed E-state index contributed by atoms with van der Waals surface area (Å²) in [4.78, 5) is 2.52.